The van der Waals surface area contributed by atoms with Crippen LogP contribution in [0.4, 0.5) is 0 Å². The molecule has 1 fully saturated rings. The zero-order valence-electron chi connectivity index (χ0n) is 22.0. The van der Waals surface area contributed by atoms with Gasteiger partial charge in [-0.05, 0) is 23.8 Å². The predicted molar refractivity (Wildman–Crippen MR) is 142 cm³/mol. The van der Waals surface area contributed by atoms with Gasteiger partial charge in [-0.1, -0.05) is 88.4 Å². The van der Waals surface area contributed by atoms with Crippen molar-refractivity contribution in [3.05, 3.63) is 71.8 Å². The van der Waals surface area contributed by atoms with Crippen molar-refractivity contribution >= 4 is 23.4 Å². The molecule has 0 aromatic heterocycles. The van der Waals surface area contributed by atoms with E-state index < -0.39 is 30.0 Å². The zero-order valence-corrected chi connectivity index (χ0v) is 22.0. The molecule has 7 nitrogen and oxygen atoms in total. The smallest absolute Gasteiger partial charge is 0.242 e. The van der Waals surface area contributed by atoms with Crippen LogP contribution in [0.5, 0.6) is 0 Å². The standard InChI is InChI=1S/C30H38N2O5/c1-18(2)17-22(31-24(34)16-15-23(33)20-11-7-5-8-12-20)30(37)32-27(19(3)4)29(36)26-25(28(26)35)21-13-9-6-10-14-21/h5-14,18-19,22,25-27,29,36H,15-17H2,1-4H3,(H,31,34)(H,32,37)/t22-,25?,26?,27-,29-/m0/s1. The van der Waals surface area contributed by atoms with E-state index in [1.54, 1.807) is 24.3 Å². The van der Waals surface area contributed by atoms with Gasteiger partial charge in [-0.2, -0.15) is 0 Å². The van der Waals surface area contributed by atoms with Crippen LogP contribution in [0.25, 0.3) is 0 Å². The normalized spacial score (nSPS) is 19.3. The van der Waals surface area contributed by atoms with Crippen LogP contribution in [0.1, 0.15) is 68.8 Å². The summed E-state index contributed by atoms with van der Waals surface area (Å²) in [6.45, 7) is 7.66. The molecule has 5 atom stereocenters. The number of nitrogens with one attached hydrogen (secondary N) is 2. The molecular weight excluding hydrogens is 468 g/mol. The molecule has 2 aromatic rings. The number of ketones is 2. The maximum absolute atomic E-state index is 13.3. The maximum atomic E-state index is 13.3. The van der Waals surface area contributed by atoms with Gasteiger partial charge in [0.1, 0.15) is 11.8 Å². The van der Waals surface area contributed by atoms with Gasteiger partial charge in [0, 0.05) is 18.4 Å². The van der Waals surface area contributed by atoms with Crippen LogP contribution in [-0.4, -0.2) is 46.7 Å². The molecule has 3 rings (SSSR count). The summed E-state index contributed by atoms with van der Waals surface area (Å²) in [5, 5.41) is 16.8. The Balaban J connectivity index is 1.62. The first-order chi connectivity index (χ1) is 17.6. The van der Waals surface area contributed by atoms with E-state index in [4.69, 9.17) is 0 Å². The Morgan fingerprint density at radius 3 is 2.03 bits per heavy atom. The van der Waals surface area contributed by atoms with Crippen LogP contribution < -0.4 is 10.6 Å². The van der Waals surface area contributed by atoms with E-state index in [2.05, 4.69) is 10.6 Å². The highest BCUT2D eigenvalue weighted by Crippen LogP contribution is 2.46. The van der Waals surface area contributed by atoms with Crippen LogP contribution in [0.2, 0.25) is 0 Å². The second kappa shape index (κ2) is 12.8. The predicted octanol–water partition coefficient (Wildman–Crippen LogP) is 3.66. The van der Waals surface area contributed by atoms with Crippen molar-refractivity contribution in [2.24, 2.45) is 17.8 Å². The van der Waals surface area contributed by atoms with Crippen LogP contribution in [0.3, 0.4) is 0 Å². The summed E-state index contributed by atoms with van der Waals surface area (Å²) in [6, 6.07) is 16.6. The van der Waals surface area contributed by atoms with Gasteiger partial charge in [0.05, 0.1) is 24.0 Å². The monoisotopic (exact) mass is 506 g/mol. The van der Waals surface area contributed by atoms with Crippen molar-refractivity contribution in [1.29, 1.82) is 0 Å². The third kappa shape index (κ3) is 7.59. The lowest BCUT2D eigenvalue weighted by atomic mass is 9.92. The molecule has 0 bridgehead atoms. The minimum absolute atomic E-state index is 0.0266. The lowest BCUT2D eigenvalue weighted by Crippen LogP contribution is -2.55. The minimum Gasteiger partial charge on any atom is -0.390 e. The summed E-state index contributed by atoms with van der Waals surface area (Å²) in [5.41, 5.74) is 1.41. The molecule has 0 heterocycles. The Morgan fingerprint density at radius 1 is 0.865 bits per heavy atom. The lowest BCUT2D eigenvalue weighted by molar-refractivity contribution is -0.130. The van der Waals surface area contributed by atoms with Gasteiger partial charge in [0.2, 0.25) is 11.8 Å². The summed E-state index contributed by atoms with van der Waals surface area (Å²) in [4.78, 5) is 50.9. The van der Waals surface area contributed by atoms with Gasteiger partial charge in [0.15, 0.2) is 5.78 Å². The highest BCUT2D eigenvalue weighted by molar-refractivity contribution is 6.05. The summed E-state index contributed by atoms with van der Waals surface area (Å²) in [7, 11) is 0. The molecule has 37 heavy (non-hydrogen) atoms. The van der Waals surface area contributed by atoms with Gasteiger partial charge in [-0.15, -0.1) is 0 Å². The van der Waals surface area contributed by atoms with E-state index in [1.807, 2.05) is 64.1 Å². The number of hydrogen-bond acceptors (Lipinski definition) is 5. The molecule has 0 radical (unpaired) electrons. The molecule has 0 aliphatic heterocycles. The number of aliphatic hydroxyl groups is 1. The lowest BCUT2D eigenvalue weighted by Gasteiger charge is -2.30. The van der Waals surface area contributed by atoms with Gasteiger partial charge in [-0.3, -0.25) is 19.2 Å². The number of rotatable bonds is 13. The van der Waals surface area contributed by atoms with E-state index in [1.165, 1.54) is 0 Å². The SMILES string of the molecule is CC(C)C[C@H](NC(=O)CCC(=O)c1ccccc1)C(=O)N[C@@H](C(C)C)[C@@H](O)C1C(=O)C1c1ccccc1. The first-order valence-corrected chi connectivity index (χ1v) is 13.0. The van der Waals surface area contributed by atoms with Crippen LogP contribution >= 0.6 is 0 Å². The Labute approximate surface area is 219 Å². The molecule has 2 amide bonds. The summed E-state index contributed by atoms with van der Waals surface area (Å²) in [6.07, 6.45) is -0.619. The first-order valence-electron chi connectivity index (χ1n) is 13.0. The Morgan fingerprint density at radius 2 is 1.46 bits per heavy atom. The second-order valence-corrected chi connectivity index (χ2v) is 10.6. The molecule has 3 N–H and O–H groups in total. The van der Waals surface area contributed by atoms with E-state index in [0.29, 0.717) is 12.0 Å². The van der Waals surface area contributed by atoms with Crippen molar-refractivity contribution in [3.63, 3.8) is 0 Å². The number of hydrogen-bond donors (Lipinski definition) is 3. The van der Waals surface area contributed by atoms with E-state index in [-0.39, 0.29) is 48.1 Å². The number of carbonyl (C=O) groups is 4. The topological polar surface area (TPSA) is 113 Å². The van der Waals surface area contributed by atoms with E-state index in [9.17, 15) is 24.3 Å². The summed E-state index contributed by atoms with van der Waals surface area (Å²) >= 11 is 0. The third-order valence-electron chi connectivity index (χ3n) is 6.84. The van der Waals surface area contributed by atoms with Crippen LogP contribution in [0, 0.1) is 17.8 Å². The molecule has 1 aliphatic carbocycles. The highest BCUT2D eigenvalue weighted by Gasteiger charge is 2.56. The molecule has 0 spiro atoms. The number of carbonyl (C=O) groups excluding carboxylic acids is 4. The van der Waals surface area contributed by atoms with Crippen molar-refractivity contribution in [3.8, 4) is 0 Å². The van der Waals surface area contributed by atoms with Crippen LogP contribution in [-0.2, 0) is 14.4 Å². The van der Waals surface area contributed by atoms with E-state index >= 15 is 0 Å². The number of Topliss-reactive ketones (excluding diaryl/α,β-unsaturated/α-hetero) is 2. The summed E-state index contributed by atoms with van der Waals surface area (Å²) < 4.78 is 0. The van der Waals surface area contributed by atoms with Gasteiger partial charge < -0.3 is 15.7 Å². The van der Waals surface area contributed by atoms with Gasteiger partial charge in [0.25, 0.3) is 0 Å². The average molecular weight is 507 g/mol. The van der Waals surface area contributed by atoms with Crippen molar-refractivity contribution in [2.45, 2.75) is 71.1 Å². The highest BCUT2D eigenvalue weighted by atomic mass is 16.3. The molecule has 7 heteroatoms. The Bertz CT molecular complexity index is 1080. The fourth-order valence-electron chi connectivity index (χ4n) is 4.76. The Kier molecular flexibility index (Phi) is 9.75. The van der Waals surface area contributed by atoms with Gasteiger partial charge in [-0.25, -0.2) is 0 Å². The zero-order chi connectivity index (χ0) is 27.1. The molecule has 1 aliphatic rings. The molecule has 1 saturated carbocycles. The molecule has 198 valence electrons. The minimum atomic E-state index is -1.04. The number of amides is 2. The van der Waals surface area contributed by atoms with Crippen molar-refractivity contribution in [2.75, 3.05) is 0 Å². The molecule has 0 saturated heterocycles. The van der Waals surface area contributed by atoms with Crippen molar-refractivity contribution in [1.82, 2.24) is 10.6 Å². The second-order valence-electron chi connectivity index (χ2n) is 10.6. The Hall–Kier alpha value is -3.32. The van der Waals surface area contributed by atoms with Crippen LogP contribution in [0.15, 0.2) is 60.7 Å². The summed E-state index contributed by atoms with van der Waals surface area (Å²) in [5.74, 6) is -1.91. The maximum Gasteiger partial charge on any atom is 0.242 e. The third-order valence-corrected chi connectivity index (χ3v) is 6.84. The van der Waals surface area contributed by atoms with Crippen molar-refractivity contribution < 1.29 is 24.3 Å². The largest absolute Gasteiger partial charge is 0.390 e. The quantitative estimate of drug-likeness (QED) is 0.359. The molecular formula is C30H38N2O5. The van der Waals surface area contributed by atoms with E-state index in [0.717, 1.165) is 5.56 Å². The first kappa shape index (κ1) is 28.3. The molecule has 2 unspecified atom stereocenters. The number of benzene rings is 2. The number of aliphatic hydroxyl groups excluding tert-OH is 1. The fourth-order valence-corrected chi connectivity index (χ4v) is 4.76. The average Bonchev–Trinajstić information content (AvgIpc) is 3.56. The molecule has 2 aromatic carbocycles. The van der Waals surface area contributed by atoms with Gasteiger partial charge >= 0.3 is 0 Å². The fraction of sp³-hybridized carbons (Fsp3) is 0.467.